The summed E-state index contributed by atoms with van der Waals surface area (Å²) >= 11 is 0. The summed E-state index contributed by atoms with van der Waals surface area (Å²) in [4.78, 5) is 7.86. The molecule has 0 aliphatic heterocycles. The van der Waals surface area contributed by atoms with Crippen molar-refractivity contribution in [2.45, 2.75) is 6.42 Å². The molecule has 1 heterocycles. The maximum absolute atomic E-state index is 9.14. The maximum atomic E-state index is 9.14. The molecular formula is C14H18N4O4. The zero-order chi connectivity index (χ0) is 16.1. The standard InChI is InChI=1S/C14H18N4O4/c1-20-10-5-8(6-11(21-2)12(10)22-3)4-9-7-16-14(15)17-13(9)18-19/h5-7,19H,4H2,1-3H3,(H3,15,16,17,18). The van der Waals surface area contributed by atoms with Gasteiger partial charge in [0.1, 0.15) is 0 Å². The van der Waals surface area contributed by atoms with Crippen LogP contribution in [0.2, 0.25) is 0 Å². The number of hydrogen-bond acceptors (Lipinski definition) is 8. The minimum Gasteiger partial charge on any atom is -0.493 e. The molecule has 0 unspecified atom stereocenters. The molecule has 8 heteroatoms. The highest BCUT2D eigenvalue weighted by atomic mass is 16.5. The molecule has 118 valence electrons. The predicted molar refractivity (Wildman–Crippen MR) is 80.8 cm³/mol. The van der Waals surface area contributed by atoms with Gasteiger partial charge in [-0.25, -0.2) is 4.98 Å². The van der Waals surface area contributed by atoms with Crippen LogP contribution in [-0.4, -0.2) is 36.5 Å². The lowest BCUT2D eigenvalue weighted by Gasteiger charge is -2.14. The summed E-state index contributed by atoms with van der Waals surface area (Å²) in [6, 6.07) is 3.64. The molecule has 1 aromatic heterocycles. The smallest absolute Gasteiger partial charge is 0.222 e. The molecule has 2 aromatic rings. The first-order valence-corrected chi connectivity index (χ1v) is 6.43. The first-order valence-electron chi connectivity index (χ1n) is 6.43. The fraction of sp³-hybridized carbons (Fsp3) is 0.286. The summed E-state index contributed by atoms with van der Waals surface area (Å²) in [7, 11) is 4.64. The van der Waals surface area contributed by atoms with Crippen molar-refractivity contribution in [1.29, 1.82) is 0 Å². The van der Waals surface area contributed by atoms with Gasteiger partial charge in [0.2, 0.25) is 11.7 Å². The van der Waals surface area contributed by atoms with Gasteiger partial charge in [0.15, 0.2) is 17.3 Å². The number of nitrogens with one attached hydrogen (secondary N) is 1. The normalized spacial score (nSPS) is 10.2. The van der Waals surface area contributed by atoms with E-state index in [-0.39, 0.29) is 11.8 Å². The van der Waals surface area contributed by atoms with Crippen LogP contribution in [0.25, 0.3) is 0 Å². The fourth-order valence-corrected chi connectivity index (χ4v) is 2.10. The first kappa shape index (κ1) is 15.6. The lowest BCUT2D eigenvalue weighted by molar-refractivity contribution is 0.324. The van der Waals surface area contributed by atoms with Crippen molar-refractivity contribution in [3.05, 3.63) is 29.5 Å². The Balaban J connectivity index is 2.41. The Hall–Kier alpha value is -2.74. The lowest BCUT2D eigenvalue weighted by atomic mass is 10.1. The van der Waals surface area contributed by atoms with E-state index in [1.54, 1.807) is 27.5 Å². The minimum atomic E-state index is 0.0743. The predicted octanol–water partition coefficient (Wildman–Crippen LogP) is 1.48. The second-order valence-electron chi connectivity index (χ2n) is 4.42. The van der Waals surface area contributed by atoms with Crippen LogP contribution >= 0.6 is 0 Å². The molecule has 22 heavy (non-hydrogen) atoms. The third-order valence-corrected chi connectivity index (χ3v) is 3.11. The number of nitrogens with two attached hydrogens (primary N) is 1. The number of hydrogen-bond donors (Lipinski definition) is 3. The summed E-state index contributed by atoms with van der Waals surface area (Å²) in [6.07, 6.45) is 1.99. The average molecular weight is 306 g/mol. The number of rotatable bonds is 6. The van der Waals surface area contributed by atoms with Gasteiger partial charge in [0.25, 0.3) is 0 Å². The Kier molecular flexibility index (Phi) is 4.84. The number of nitrogens with zero attached hydrogens (tertiary/aromatic N) is 2. The van der Waals surface area contributed by atoms with Crippen LogP contribution in [0.1, 0.15) is 11.1 Å². The van der Waals surface area contributed by atoms with Crippen molar-refractivity contribution < 1.29 is 19.4 Å². The van der Waals surface area contributed by atoms with Gasteiger partial charge in [-0.15, -0.1) is 0 Å². The van der Waals surface area contributed by atoms with Crippen LogP contribution in [0.5, 0.6) is 17.2 Å². The summed E-state index contributed by atoms with van der Waals surface area (Å²) in [5.41, 5.74) is 9.06. The topological polar surface area (TPSA) is 112 Å². The Morgan fingerprint density at radius 3 is 2.27 bits per heavy atom. The second-order valence-corrected chi connectivity index (χ2v) is 4.42. The molecule has 0 radical (unpaired) electrons. The summed E-state index contributed by atoms with van der Waals surface area (Å²) in [5, 5.41) is 9.14. The molecule has 0 atom stereocenters. The van der Waals surface area contributed by atoms with Gasteiger partial charge in [-0.05, 0) is 17.7 Å². The van der Waals surface area contributed by atoms with Crippen molar-refractivity contribution in [1.82, 2.24) is 9.97 Å². The Bertz CT molecular complexity index is 638. The third kappa shape index (κ3) is 3.12. The average Bonchev–Trinajstić information content (AvgIpc) is 2.55. The van der Waals surface area contributed by atoms with E-state index in [9.17, 15) is 0 Å². The molecule has 8 nitrogen and oxygen atoms in total. The van der Waals surface area contributed by atoms with E-state index in [1.165, 1.54) is 0 Å². The van der Waals surface area contributed by atoms with E-state index >= 15 is 0 Å². The SMILES string of the molecule is COc1cc(Cc2cnc(N)nc2NO)cc(OC)c1OC. The first-order chi connectivity index (χ1) is 10.6. The second kappa shape index (κ2) is 6.81. The van der Waals surface area contributed by atoms with Crippen LogP contribution in [0.3, 0.4) is 0 Å². The number of ether oxygens (including phenoxy) is 3. The largest absolute Gasteiger partial charge is 0.493 e. The monoisotopic (exact) mass is 306 g/mol. The summed E-state index contributed by atoms with van der Waals surface area (Å²) < 4.78 is 15.9. The lowest BCUT2D eigenvalue weighted by Crippen LogP contribution is -2.05. The summed E-state index contributed by atoms with van der Waals surface area (Å²) in [6.45, 7) is 0. The number of nitrogen functional groups attached to an aromatic ring is 1. The van der Waals surface area contributed by atoms with E-state index in [0.29, 0.717) is 29.2 Å². The highest BCUT2D eigenvalue weighted by Gasteiger charge is 2.15. The zero-order valence-electron chi connectivity index (χ0n) is 12.6. The maximum Gasteiger partial charge on any atom is 0.222 e. The van der Waals surface area contributed by atoms with Crippen LogP contribution in [0.15, 0.2) is 18.3 Å². The van der Waals surface area contributed by atoms with Gasteiger partial charge in [-0.1, -0.05) is 0 Å². The number of methoxy groups -OCH3 is 3. The fourth-order valence-electron chi connectivity index (χ4n) is 2.10. The van der Waals surface area contributed by atoms with Crippen LogP contribution in [0, 0.1) is 0 Å². The molecule has 4 N–H and O–H groups in total. The quantitative estimate of drug-likeness (QED) is 0.688. The van der Waals surface area contributed by atoms with Crippen molar-refractivity contribution in [3.63, 3.8) is 0 Å². The molecule has 0 spiro atoms. The number of benzene rings is 1. The van der Waals surface area contributed by atoms with E-state index in [1.807, 2.05) is 17.6 Å². The third-order valence-electron chi connectivity index (χ3n) is 3.11. The Labute approximate surface area is 127 Å². The van der Waals surface area contributed by atoms with Crippen molar-refractivity contribution in [2.75, 3.05) is 32.5 Å². The molecule has 0 amide bonds. The van der Waals surface area contributed by atoms with E-state index in [4.69, 9.17) is 25.2 Å². The molecule has 0 aliphatic carbocycles. The molecule has 0 fully saturated rings. The van der Waals surface area contributed by atoms with Crippen molar-refractivity contribution in [2.24, 2.45) is 0 Å². The minimum absolute atomic E-state index is 0.0743. The van der Waals surface area contributed by atoms with Crippen LogP contribution in [-0.2, 0) is 6.42 Å². The summed E-state index contributed by atoms with van der Waals surface area (Å²) in [5.74, 6) is 1.94. The Morgan fingerprint density at radius 2 is 1.77 bits per heavy atom. The van der Waals surface area contributed by atoms with Crippen molar-refractivity contribution in [3.8, 4) is 17.2 Å². The van der Waals surface area contributed by atoms with Gasteiger partial charge in [-0.2, -0.15) is 4.98 Å². The van der Waals surface area contributed by atoms with E-state index < -0.39 is 0 Å². The van der Waals surface area contributed by atoms with E-state index in [2.05, 4.69) is 9.97 Å². The van der Waals surface area contributed by atoms with Gasteiger partial charge < -0.3 is 19.9 Å². The van der Waals surface area contributed by atoms with Crippen molar-refractivity contribution >= 4 is 11.8 Å². The highest BCUT2D eigenvalue weighted by molar-refractivity contribution is 5.55. The zero-order valence-corrected chi connectivity index (χ0v) is 12.6. The van der Waals surface area contributed by atoms with Gasteiger partial charge in [0.05, 0.1) is 21.3 Å². The van der Waals surface area contributed by atoms with Gasteiger partial charge in [0, 0.05) is 18.2 Å². The Morgan fingerprint density at radius 1 is 1.14 bits per heavy atom. The number of anilines is 2. The van der Waals surface area contributed by atoms with Gasteiger partial charge in [-0.3, -0.25) is 10.7 Å². The molecule has 2 rings (SSSR count). The molecule has 0 bridgehead atoms. The molecule has 1 aromatic carbocycles. The molecule has 0 saturated carbocycles. The molecule has 0 aliphatic rings. The molecular weight excluding hydrogens is 288 g/mol. The van der Waals surface area contributed by atoms with Crippen LogP contribution < -0.4 is 25.4 Å². The van der Waals surface area contributed by atoms with Gasteiger partial charge >= 0.3 is 0 Å². The van der Waals surface area contributed by atoms with Crippen LogP contribution in [0.4, 0.5) is 11.8 Å². The highest BCUT2D eigenvalue weighted by Crippen LogP contribution is 2.38. The van der Waals surface area contributed by atoms with E-state index in [0.717, 1.165) is 5.56 Å². The molecule has 0 saturated heterocycles. The number of aromatic nitrogens is 2.